The molecule has 0 saturated carbocycles. The highest BCUT2D eigenvalue weighted by Crippen LogP contribution is 2.35. The van der Waals surface area contributed by atoms with Gasteiger partial charge >= 0.3 is 0 Å². The van der Waals surface area contributed by atoms with Gasteiger partial charge in [0.1, 0.15) is 5.79 Å². The highest BCUT2D eigenvalue weighted by Gasteiger charge is 2.49. The van der Waals surface area contributed by atoms with Gasteiger partial charge in [0, 0.05) is 36.3 Å². The van der Waals surface area contributed by atoms with Crippen molar-refractivity contribution in [3.8, 4) is 0 Å². The third-order valence-electron chi connectivity index (χ3n) is 4.58. The summed E-state index contributed by atoms with van der Waals surface area (Å²) in [4.78, 5) is 7.73. The van der Waals surface area contributed by atoms with Crippen LogP contribution in [0.25, 0.3) is 0 Å². The molecule has 0 aromatic rings. The van der Waals surface area contributed by atoms with E-state index >= 15 is 0 Å². The van der Waals surface area contributed by atoms with Crippen LogP contribution in [-0.4, -0.2) is 56.7 Å². The van der Waals surface area contributed by atoms with Gasteiger partial charge in [-0.25, -0.2) is 0 Å². The Morgan fingerprint density at radius 2 is 0.565 bits per heavy atom. The van der Waals surface area contributed by atoms with Crippen LogP contribution in [-0.2, 0) is 0 Å². The molecule has 0 aromatic carbocycles. The van der Waals surface area contributed by atoms with Crippen molar-refractivity contribution < 1.29 is 0 Å². The second kappa shape index (κ2) is 8.82. The molecule has 0 unspecified atom stereocenters. The zero-order chi connectivity index (χ0) is 18.7. The molecule has 1 radical (unpaired) electrons. The lowest BCUT2D eigenvalue weighted by atomic mass is 10.0. The summed E-state index contributed by atoms with van der Waals surface area (Å²) in [6, 6.07) is 2.54. The molecule has 0 atom stereocenters. The summed E-state index contributed by atoms with van der Waals surface area (Å²) in [7, 11) is 0. The predicted octanol–water partition coefficient (Wildman–Crippen LogP) is 4.83. The van der Waals surface area contributed by atoms with Gasteiger partial charge in [0.2, 0.25) is 0 Å². The molecule has 0 bridgehead atoms. The average molecular weight is 327 g/mol. The van der Waals surface area contributed by atoms with Crippen LogP contribution in [0.5, 0.6) is 0 Å². The Hall–Kier alpha value is -0.120. The fourth-order valence-corrected chi connectivity index (χ4v) is 4.67. The fourth-order valence-electron chi connectivity index (χ4n) is 4.67. The minimum atomic E-state index is -0.368. The average Bonchev–Trinajstić information content (AvgIpc) is 2.23. The van der Waals surface area contributed by atoms with Gasteiger partial charge in [-0.2, -0.15) is 0 Å². The first-order valence-electron chi connectivity index (χ1n) is 9.50. The normalized spacial score (nSPS) is 14.3. The molecule has 0 N–H and O–H groups in total. The first kappa shape index (κ1) is 22.9. The topological polar surface area (TPSA) is 9.72 Å². The minimum Gasteiger partial charge on any atom is -0.268 e. The minimum absolute atomic E-state index is 0.368. The Balaban J connectivity index is 6.45. The van der Waals surface area contributed by atoms with Crippen LogP contribution in [0.1, 0.15) is 83.1 Å². The predicted molar refractivity (Wildman–Crippen MR) is 104 cm³/mol. The lowest BCUT2D eigenvalue weighted by Crippen LogP contribution is -2.76. The second-order valence-electron chi connectivity index (χ2n) is 8.56. The van der Waals surface area contributed by atoms with E-state index in [-0.39, 0.29) is 5.79 Å². The second-order valence-corrected chi connectivity index (χ2v) is 8.56. The van der Waals surface area contributed by atoms with Crippen molar-refractivity contribution in [2.45, 2.75) is 125 Å². The van der Waals surface area contributed by atoms with E-state index in [1.54, 1.807) is 0 Å². The Morgan fingerprint density at radius 3 is 0.652 bits per heavy atom. The summed E-state index contributed by atoms with van der Waals surface area (Å²) >= 11 is 0. The molecule has 0 fully saturated rings. The van der Waals surface area contributed by atoms with Gasteiger partial charge in [-0.1, -0.05) is 0 Å². The standard InChI is InChI=1S/C20H44N3/c1-14(2)21(15(3)4)20(13,22(16(5)6)17(7)8)23(18(9)10)19(11)12/h14-19H,13H2,1-12H3. The van der Waals surface area contributed by atoms with E-state index < -0.39 is 0 Å². The van der Waals surface area contributed by atoms with Crippen LogP contribution in [0.4, 0.5) is 0 Å². The molecular formula is C20H44N3. The lowest BCUT2D eigenvalue weighted by Gasteiger charge is -2.62. The van der Waals surface area contributed by atoms with E-state index in [2.05, 4.69) is 97.8 Å². The highest BCUT2D eigenvalue weighted by atomic mass is 15.6. The molecule has 0 aromatic heterocycles. The molecule has 3 nitrogen and oxygen atoms in total. The largest absolute Gasteiger partial charge is 0.268 e. The summed E-state index contributed by atoms with van der Waals surface area (Å²) in [6.07, 6.45) is 0. The molecule has 0 spiro atoms. The SMILES string of the molecule is [CH2]C(N(C(C)C)C(C)C)(N(C(C)C)C(C)C)N(C(C)C)C(C)C. The van der Waals surface area contributed by atoms with Crippen LogP contribution in [0, 0.1) is 6.92 Å². The molecule has 139 valence electrons. The van der Waals surface area contributed by atoms with Gasteiger partial charge < -0.3 is 0 Å². The van der Waals surface area contributed by atoms with E-state index in [4.69, 9.17) is 6.92 Å². The Labute approximate surface area is 147 Å². The van der Waals surface area contributed by atoms with Gasteiger partial charge in [-0.05, 0) is 90.0 Å². The maximum absolute atomic E-state index is 4.88. The van der Waals surface area contributed by atoms with Crippen molar-refractivity contribution in [1.82, 2.24) is 14.7 Å². The number of hydrogen-bond acceptors (Lipinski definition) is 3. The van der Waals surface area contributed by atoms with Gasteiger partial charge in [-0.15, -0.1) is 0 Å². The zero-order valence-corrected chi connectivity index (χ0v) is 18.0. The molecular weight excluding hydrogens is 282 g/mol. The summed E-state index contributed by atoms with van der Waals surface area (Å²) in [5.74, 6) is -0.368. The quantitative estimate of drug-likeness (QED) is 0.562. The molecule has 0 aliphatic rings. The maximum Gasteiger partial charge on any atom is 0.132 e. The zero-order valence-electron chi connectivity index (χ0n) is 18.0. The van der Waals surface area contributed by atoms with Gasteiger partial charge in [0.15, 0.2) is 0 Å². The third kappa shape index (κ3) is 4.93. The smallest absolute Gasteiger partial charge is 0.132 e. The Kier molecular flexibility index (Phi) is 8.78. The van der Waals surface area contributed by atoms with Crippen LogP contribution in [0.3, 0.4) is 0 Å². The van der Waals surface area contributed by atoms with Crippen LogP contribution in [0.2, 0.25) is 0 Å². The van der Waals surface area contributed by atoms with E-state index in [1.165, 1.54) is 0 Å². The van der Waals surface area contributed by atoms with Gasteiger partial charge in [-0.3, -0.25) is 14.7 Å². The Morgan fingerprint density at radius 1 is 0.435 bits per heavy atom. The van der Waals surface area contributed by atoms with Crippen molar-refractivity contribution >= 4 is 0 Å². The molecule has 0 rings (SSSR count). The third-order valence-corrected chi connectivity index (χ3v) is 4.58. The molecule has 23 heavy (non-hydrogen) atoms. The van der Waals surface area contributed by atoms with Gasteiger partial charge in [0.05, 0.1) is 0 Å². The van der Waals surface area contributed by atoms with Crippen molar-refractivity contribution in [3.05, 3.63) is 6.92 Å². The number of hydrogen-bond donors (Lipinski definition) is 0. The fraction of sp³-hybridized carbons (Fsp3) is 0.950. The molecule has 0 aliphatic carbocycles. The van der Waals surface area contributed by atoms with E-state index in [0.717, 1.165) is 0 Å². The van der Waals surface area contributed by atoms with Crippen molar-refractivity contribution in [2.75, 3.05) is 0 Å². The molecule has 3 heteroatoms. The first-order chi connectivity index (χ1) is 10.3. The first-order valence-corrected chi connectivity index (χ1v) is 9.50. The molecule has 0 heterocycles. The van der Waals surface area contributed by atoms with E-state index in [9.17, 15) is 0 Å². The molecule has 0 amide bonds. The van der Waals surface area contributed by atoms with Gasteiger partial charge in [0.25, 0.3) is 0 Å². The van der Waals surface area contributed by atoms with E-state index in [1.807, 2.05) is 0 Å². The van der Waals surface area contributed by atoms with Crippen molar-refractivity contribution in [1.29, 1.82) is 0 Å². The van der Waals surface area contributed by atoms with Crippen LogP contribution in [0.15, 0.2) is 0 Å². The summed E-state index contributed by atoms with van der Waals surface area (Å²) in [5, 5.41) is 0. The summed E-state index contributed by atoms with van der Waals surface area (Å²) in [5.41, 5.74) is 0. The molecule has 0 aliphatic heterocycles. The summed E-state index contributed by atoms with van der Waals surface area (Å²) in [6.45, 7) is 32.3. The molecule has 0 saturated heterocycles. The highest BCUT2D eigenvalue weighted by molar-refractivity contribution is 5.00. The number of rotatable bonds is 9. The van der Waals surface area contributed by atoms with Crippen molar-refractivity contribution in [3.63, 3.8) is 0 Å². The summed E-state index contributed by atoms with van der Waals surface area (Å²) < 4.78 is 0. The van der Waals surface area contributed by atoms with E-state index in [0.29, 0.717) is 36.3 Å². The van der Waals surface area contributed by atoms with Crippen LogP contribution < -0.4 is 0 Å². The Bertz CT molecular complexity index is 257. The number of nitrogens with zero attached hydrogens (tertiary/aromatic N) is 3. The maximum atomic E-state index is 4.88. The monoisotopic (exact) mass is 326 g/mol. The van der Waals surface area contributed by atoms with Crippen LogP contribution >= 0.6 is 0 Å². The van der Waals surface area contributed by atoms with Crippen molar-refractivity contribution in [2.24, 2.45) is 0 Å². The lowest BCUT2D eigenvalue weighted by molar-refractivity contribution is -0.203.